The largest absolute Gasteiger partial charge is 0.368 e. The zero-order valence-corrected chi connectivity index (χ0v) is 13.6. The van der Waals surface area contributed by atoms with Gasteiger partial charge in [-0.15, -0.1) is 0 Å². The lowest BCUT2D eigenvalue weighted by molar-refractivity contribution is -0.0781. The number of nitrogens with zero attached hydrogens (tertiary/aromatic N) is 1. The lowest BCUT2D eigenvalue weighted by Crippen LogP contribution is -2.47. The van der Waals surface area contributed by atoms with Crippen LogP contribution in [0.4, 0.5) is 0 Å². The molecule has 2 aliphatic rings. The molecule has 2 N–H and O–H groups in total. The van der Waals surface area contributed by atoms with Crippen LogP contribution in [-0.2, 0) is 4.74 Å². The van der Waals surface area contributed by atoms with Crippen molar-refractivity contribution >= 4 is 0 Å². The summed E-state index contributed by atoms with van der Waals surface area (Å²) in [5.74, 6) is 2.08. The number of likely N-dealkylation sites (tertiary alicyclic amines) is 1. The van der Waals surface area contributed by atoms with Gasteiger partial charge in [0.15, 0.2) is 0 Å². The summed E-state index contributed by atoms with van der Waals surface area (Å²) in [6.07, 6.45) is 1.34. The van der Waals surface area contributed by atoms with Gasteiger partial charge < -0.3 is 15.4 Å². The minimum atomic E-state index is -0.203. The van der Waals surface area contributed by atoms with Crippen LogP contribution in [0.25, 0.3) is 0 Å². The fourth-order valence-corrected chi connectivity index (χ4v) is 3.92. The highest BCUT2D eigenvalue weighted by Crippen LogP contribution is 2.42. The maximum absolute atomic E-state index is 6.45. The van der Waals surface area contributed by atoms with Crippen LogP contribution in [0.1, 0.15) is 48.0 Å². The van der Waals surface area contributed by atoms with Gasteiger partial charge in [-0.1, -0.05) is 13.8 Å². The summed E-state index contributed by atoms with van der Waals surface area (Å²) in [5.41, 5.74) is 6.14. The fraction of sp³-hybridized carbons (Fsp3) is 1.00. The van der Waals surface area contributed by atoms with E-state index in [4.69, 9.17) is 10.5 Å². The van der Waals surface area contributed by atoms with E-state index in [9.17, 15) is 0 Å². The molecule has 0 radical (unpaired) electrons. The van der Waals surface area contributed by atoms with Crippen LogP contribution in [0.5, 0.6) is 0 Å². The normalized spacial score (nSPS) is 38.2. The first-order valence-electron chi connectivity index (χ1n) is 7.81. The van der Waals surface area contributed by atoms with Gasteiger partial charge >= 0.3 is 0 Å². The third kappa shape index (κ3) is 2.98. The topological polar surface area (TPSA) is 38.5 Å². The molecule has 0 aromatic carbocycles. The minimum Gasteiger partial charge on any atom is -0.368 e. The van der Waals surface area contributed by atoms with E-state index >= 15 is 0 Å². The first kappa shape index (κ1) is 15.3. The van der Waals surface area contributed by atoms with E-state index in [1.54, 1.807) is 0 Å². The number of nitrogens with two attached hydrogens (primary N) is 1. The predicted octanol–water partition coefficient (Wildman–Crippen LogP) is 2.50. The lowest BCUT2D eigenvalue weighted by atomic mass is 9.83. The van der Waals surface area contributed by atoms with Crippen molar-refractivity contribution < 1.29 is 4.74 Å². The Morgan fingerprint density at radius 2 is 1.84 bits per heavy atom. The van der Waals surface area contributed by atoms with Crippen molar-refractivity contribution in [2.24, 2.45) is 23.5 Å². The highest BCUT2D eigenvalue weighted by molar-refractivity contribution is 5.05. The maximum atomic E-state index is 6.45. The Kier molecular flexibility index (Phi) is 4.03. The van der Waals surface area contributed by atoms with Crippen LogP contribution in [0.2, 0.25) is 0 Å². The Morgan fingerprint density at radius 1 is 1.21 bits per heavy atom. The van der Waals surface area contributed by atoms with Gasteiger partial charge in [0.2, 0.25) is 0 Å². The van der Waals surface area contributed by atoms with E-state index in [1.807, 2.05) is 0 Å². The summed E-state index contributed by atoms with van der Waals surface area (Å²) in [4.78, 5) is 2.60. The van der Waals surface area contributed by atoms with Crippen LogP contribution < -0.4 is 5.73 Å². The van der Waals surface area contributed by atoms with Gasteiger partial charge in [-0.2, -0.15) is 0 Å². The van der Waals surface area contributed by atoms with E-state index in [0.29, 0.717) is 5.92 Å². The highest BCUT2D eigenvalue weighted by Gasteiger charge is 2.52. The number of rotatable bonds is 3. The molecule has 0 saturated carbocycles. The molecule has 2 rings (SSSR count). The van der Waals surface area contributed by atoms with Crippen LogP contribution in [0, 0.1) is 17.8 Å². The van der Waals surface area contributed by atoms with Crippen molar-refractivity contribution in [3.05, 3.63) is 0 Å². The smallest absolute Gasteiger partial charge is 0.0788 e. The summed E-state index contributed by atoms with van der Waals surface area (Å²) in [6, 6.07) is 0.126. The summed E-state index contributed by atoms with van der Waals surface area (Å²) in [6.45, 7) is 16.9. The van der Waals surface area contributed by atoms with Crippen molar-refractivity contribution in [3.8, 4) is 0 Å². The molecular weight excluding hydrogens is 236 g/mol. The fourth-order valence-electron chi connectivity index (χ4n) is 3.92. The van der Waals surface area contributed by atoms with E-state index in [2.05, 4.69) is 46.4 Å². The van der Waals surface area contributed by atoms with Crippen LogP contribution >= 0.6 is 0 Å². The Hall–Kier alpha value is -0.120. The van der Waals surface area contributed by atoms with Crippen LogP contribution in [0.3, 0.4) is 0 Å². The summed E-state index contributed by atoms with van der Waals surface area (Å²) < 4.78 is 6.19. The molecule has 112 valence electrons. The van der Waals surface area contributed by atoms with Gasteiger partial charge in [-0.25, -0.2) is 0 Å². The first-order chi connectivity index (χ1) is 8.63. The van der Waals surface area contributed by atoms with Gasteiger partial charge in [-0.05, 0) is 52.5 Å². The average Bonchev–Trinajstić information content (AvgIpc) is 2.76. The standard InChI is InChI=1S/C16H32N2O/c1-11(2)12-7-8-18(9-12)10-13-14(17)16(5,6)19-15(13,3)4/h11-14H,7-10,17H2,1-6H3. The molecule has 19 heavy (non-hydrogen) atoms. The van der Waals surface area contributed by atoms with Crippen molar-refractivity contribution in [2.75, 3.05) is 19.6 Å². The van der Waals surface area contributed by atoms with Gasteiger partial charge in [0, 0.05) is 25.0 Å². The molecule has 3 atom stereocenters. The maximum Gasteiger partial charge on any atom is 0.0788 e. The minimum absolute atomic E-state index is 0.112. The quantitative estimate of drug-likeness (QED) is 0.854. The summed E-state index contributed by atoms with van der Waals surface area (Å²) in [5, 5.41) is 0. The van der Waals surface area contributed by atoms with Crippen molar-refractivity contribution in [2.45, 2.75) is 65.2 Å². The molecule has 2 saturated heterocycles. The Bertz CT molecular complexity index is 325. The summed E-state index contributed by atoms with van der Waals surface area (Å²) >= 11 is 0. The zero-order valence-electron chi connectivity index (χ0n) is 13.6. The van der Waals surface area contributed by atoms with Crippen molar-refractivity contribution in [1.82, 2.24) is 4.90 Å². The zero-order chi connectivity index (χ0) is 14.4. The number of hydrogen-bond donors (Lipinski definition) is 1. The molecular formula is C16H32N2O. The molecule has 0 aromatic rings. The second kappa shape index (κ2) is 5.01. The molecule has 0 amide bonds. The number of hydrogen-bond acceptors (Lipinski definition) is 3. The second-order valence-electron chi connectivity index (χ2n) is 7.99. The molecule has 2 fully saturated rings. The highest BCUT2D eigenvalue weighted by atomic mass is 16.5. The molecule has 0 aromatic heterocycles. The molecule has 0 aliphatic carbocycles. The Morgan fingerprint density at radius 3 is 2.26 bits per heavy atom. The molecule has 2 aliphatic heterocycles. The van der Waals surface area contributed by atoms with E-state index < -0.39 is 0 Å². The van der Waals surface area contributed by atoms with Crippen LogP contribution in [-0.4, -0.2) is 41.8 Å². The first-order valence-corrected chi connectivity index (χ1v) is 7.81. The van der Waals surface area contributed by atoms with E-state index in [0.717, 1.165) is 18.4 Å². The second-order valence-corrected chi connectivity index (χ2v) is 7.99. The van der Waals surface area contributed by atoms with Crippen LogP contribution in [0.15, 0.2) is 0 Å². The molecule has 0 bridgehead atoms. The lowest BCUT2D eigenvalue weighted by Gasteiger charge is -2.31. The SMILES string of the molecule is CC(C)C1CCN(CC2C(N)C(C)(C)OC2(C)C)C1. The Balaban J connectivity index is 1.99. The molecule has 2 heterocycles. The van der Waals surface area contributed by atoms with Crippen molar-refractivity contribution in [1.29, 1.82) is 0 Å². The van der Waals surface area contributed by atoms with E-state index in [1.165, 1.54) is 19.5 Å². The molecule has 0 spiro atoms. The molecule has 3 heteroatoms. The monoisotopic (exact) mass is 268 g/mol. The Labute approximate surface area is 118 Å². The van der Waals surface area contributed by atoms with Gasteiger partial charge in [0.05, 0.1) is 11.2 Å². The predicted molar refractivity (Wildman–Crippen MR) is 80.1 cm³/mol. The third-order valence-corrected chi connectivity index (χ3v) is 5.36. The van der Waals surface area contributed by atoms with Crippen molar-refractivity contribution in [3.63, 3.8) is 0 Å². The van der Waals surface area contributed by atoms with Gasteiger partial charge in [0.1, 0.15) is 0 Å². The van der Waals surface area contributed by atoms with E-state index in [-0.39, 0.29) is 17.2 Å². The average molecular weight is 268 g/mol. The summed E-state index contributed by atoms with van der Waals surface area (Å²) in [7, 11) is 0. The third-order valence-electron chi connectivity index (χ3n) is 5.36. The molecule has 3 nitrogen and oxygen atoms in total. The van der Waals surface area contributed by atoms with Gasteiger partial charge in [0.25, 0.3) is 0 Å². The van der Waals surface area contributed by atoms with Gasteiger partial charge in [-0.3, -0.25) is 0 Å². The molecule has 3 unspecified atom stereocenters. The number of ether oxygens (including phenoxy) is 1.